The van der Waals surface area contributed by atoms with Gasteiger partial charge in [0.1, 0.15) is 11.4 Å². The van der Waals surface area contributed by atoms with Gasteiger partial charge in [-0.15, -0.1) is 0 Å². The average Bonchev–Trinajstić information content (AvgIpc) is 2.20. The maximum Gasteiger partial charge on any atom is 0.265 e. The quantitative estimate of drug-likeness (QED) is 0.637. The van der Waals surface area contributed by atoms with Crippen LogP contribution in [0, 0.1) is 0 Å². The molecule has 16 heavy (non-hydrogen) atoms. The number of carbonyl (C=O) groups is 1. The molecule has 6 heteroatoms. The van der Waals surface area contributed by atoms with E-state index in [-0.39, 0.29) is 11.0 Å². The van der Waals surface area contributed by atoms with Crippen molar-refractivity contribution in [3.8, 4) is 5.75 Å². The van der Waals surface area contributed by atoms with Crippen LogP contribution in [-0.2, 0) is 4.79 Å². The fraction of sp³-hybridized carbons (Fsp3) is 0.200. The van der Waals surface area contributed by atoms with Gasteiger partial charge in [-0.05, 0) is 31.3 Å². The van der Waals surface area contributed by atoms with Gasteiger partial charge in [0, 0.05) is 0 Å². The number of hydrogen-bond acceptors (Lipinski definition) is 3. The Balaban J connectivity index is 2.40. The van der Waals surface area contributed by atoms with Crippen molar-refractivity contribution < 1.29 is 9.53 Å². The van der Waals surface area contributed by atoms with Gasteiger partial charge < -0.3 is 21.1 Å². The summed E-state index contributed by atoms with van der Waals surface area (Å²) in [4.78, 5) is 11.5. The van der Waals surface area contributed by atoms with Crippen LogP contribution in [0.5, 0.6) is 5.75 Å². The van der Waals surface area contributed by atoms with Gasteiger partial charge in [-0.3, -0.25) is 4.79 Å². The summed E-state index contributed by atoms with van der Waals surface area (Å²) in [7, 11) is 0. The van der Waals surface area contributed by atoms with Crippen LogP contribution in [0.15, 0.2) is 18.2 Å². The average molecular weight is 237 g/mol. The summed E-state index contributed by atoms with van der Waals surface area (Å²) in [6.07, 6.45) is -0.493. The smallest absolute Gasteiger partial charge is 0.265 e. The zero-order valence-corrected chi connectivity index (χ0v) is 9.43. The molecule has 1 amide bonds. The van der Waals surface area contributed by atoms with E-state index in [4.69, 9.17) is 22.7 Å². The molecule has 84 valence electrons. The second-order valence-corrected chi connectivity index (χ2v) is 3.86. The van der Waals surface area contributed by atoms with E-state index < -0.39 is 6.10 Å². The highest BCUT2D eigenvalue weighted by molar-refractivity contribution is 7.80. The Morgan fingerprint density at radius 1 is 1.62 bits per heavy atom. The number of fused-ring (bicyclic) bond motifs is 1. The molecule has 0 aliphatic carbocycles. The number of amides is 1. The number of rotatable bonds is 1. The zero-order valence-electron chi connectivity index (χ0n) is 8.61. The summed E-state index contributed by atoms with van der Waals surface area (Å²) in [6.45, 7) is 1.69. The lowest BCUT2D eigenvalue weighted by Crippen LogP contribution is -2.35. The topological polar surface area (TPSA) is 76.4 Å². The first-order valence-corrected chi connectivity index (χ1v) is 5.16. The summed E-state index contributed by atoms with van der Waals surface area (Å²) in [5.41, 5.74) is 6.58. The van der Waals surface area contributed by atoms with Crippen molar-refractivity contribution in [1.29, 1.82) is 0 Å². The molecule has 0 saturated carbocycles. The van der Waals surface area contributed by atoms with E-state index in [1.165, 1.54) is 0 Å². The zero-order chi connectivity index (χ0) is 11.7. The molecule has 1 unspecified atom stereocenters. The first-order valence-electron chi connectivity index (χ1n) is 4.75. The maximum absolute atomic E-state index is 11.5. The predicted molar refractivity (Wildman–Crippen MR) is 65.6 cm³/mol. The van der Waals surface area contributed by atoms with Crippen molar-refractivity contribution in [3.63, 3.8) is 0 Å². The molecule has 0 saturated heterocycles. The lowest BCUT2D eigenvalue weighted by Gasteiger charge is -2.25. The number of hydrogen-bond donors (Lipinski definition) is 3. The SMILES string of the molecule is CC1Oc2cccc(NC(N)=S)c2NC1=O. The first-order chi connectivity index (χ1) is 7.58. The molecule has 0 bridgehead atoms. The number of nitrogens with two attached hydrogens (primary N) is 1. The third-order valence-corrected chi connectivity index (χ3v) is 2.31. The Hall–Kier alpha value is -1.82. The number of carbonyl (C=O) groups excluding carboxylic acids is 1. The lowest BCUT2D eigenvalue weighted by atomic mass is 10.2. The molecule has 2 rings (SSSR count). The number of para-hydroxylation sites is 1. The minimum atomic E-state index is -0.493. The van der Waals surface area contributed by atoms with Gasteiger partial charge in [-0.1, -0.05) is 6.07 Å². The van der Waals surface area contributed by atoms with E-state index in [0.29, 0.717) is 17.1 Å². The van der Waals surface area contributed by atoms with Gasteiger partial charge in [0.2, 0.25) is 0 Å². The molecule has 1 aromatic carbocycles. The molecule has 1 heterocycles. The monoisotopic (exact) mass is 237 g/mol. The third-order valence-electron chi connectivity index (χ3n) is 2.21. The van der Waals surface area contributed by atoms with Gasteiger partial charge in [-0.25, -0.2) is 0 Å². The summed E-state index contributed by atoms with van der Waals surface area (Å²) >= 11 is 4.75. The van der Waals surface area contributed by atoms with Crippen LogP contribution in [-0.4, -0.2) is 17.1 Å². The van der Waals surface area contributed by atoms with Crippen LogP contribution in [0.2, 0.25) is 0 Å². The molecule has 0 aromatic heterocycles. The molecule has 1 aromatic rings. The number of ether oxygens (including phenoxy) is 1. The van der Waals surface area contributed by atoms with E-state index in [1.54, 1.807) is 25.1 Å². The van der Waals surface area contributed by atoms with Crippen molar-refractivity contribution in [1.82, 2.24) is 0 Å². The normalized spacial score (nSPS) is 18.1. The van der Waals surface area contributed by atoms with Crippen molar-refractivity contribution in [2.75, 3.05) is 10.6 Å². The minimum Gasteiger partial charge on any atom is -0.479 e. The van der Waals surface area contributed by atoms with Crippen molar-refractivity contribution in [2.24, 2.45) is 5.73 Å². The second-order valence-electron chi connectivity index (χ2n) is 3.42. The first kappa shape index (κ1) is 10.7. The summed E-state index contributed by atoms with van der Waals surface area (Å²) in [6, 6.07) is 5.33. The Morgan fingerprint density at radius 2 is 2.38 bits per heavy atom. The van der Waals surface area contributed by atoms with E-state index in [0.717, 1.165) is 0 Å². The Bertz CT molecular complexity index is 461. The van der Waals surface area contributed by atoms with Crippen LogP contribution >= 0.6 is 12.2 Å². The molecule has 0 fully saturated rings. The summed E-state index contributed by atoms with van der Waals surface area (Å²) in [5, 5.41) is 5.66. The Kier molecular flexibility index (Phi) is 2.66. The van der Waals surface area contributed by atoms with Crippen molar-refractivity contribution >= 4 is 34.6 Å². The van der Waals surface area contributed by atoms with Crippen LogP contribution in [0.1, 0.15) is 6.92 Å². The highest BCUT2D eigenvalue weighted by atomic mass is 32.1. The van der Waals surface area contributed by atoms with Crippen LogP contribution < -0.4 is 21.1 Å². The van der Waals surface area contributed by atoms with Gasteiger partial charge in [0.15, 0.2) is 11.2 Å². The lowest BCUT2D eigenvalue weighted by molar-refractivity contribution is -0.122. The molecular weight excluding hydrogens is 226 g/mol. The van der Waals surface area contributed by atoms with Crippen LogP contribution in [0.3, 0.4) is 0 Å². The number of nitrogens with one attached hydrogen (secondary N) is 2. The molecule has 4 N–H and O–H groups in total. The summed E-state index contributed by atoms with van der Waals surface area (Å²) < 4.78 is 5.43. The highest BCUT2D eigenvalue weighted by Crippen LogP contribution is 2.35. The van der Waals surface area contributed by atoms with Gasteiger partial charge in [0.05, 0.1) is 5.69 Å². The third kappa shape index (κ3) is 1.92. The fourth-order valence-corrected chi connectivity index (χ4v) is 1.57. The second kappa shape index (κ2) is 3.97. The van der Waals surface area contributed by atoms with Gasteiger partial charge in [0.25, 0.3) is 5.91 Å². The van der Waals surface area contributed by atoms with Crippen LogP contribution in [0.4, 0.5) is 11.4 Å². The van der Waals surface area contributed by atoms with Crippen molar-refractivity contribution in [2.45, 2.75) is 13.0 Å². The highest BCUT2D eigenvalue weighted by Gasteiger charge is 2.25. The van der Waals surface area contributed by atoms with E-state index in [9.17, 15) is 4.79 Å². The molecule has 5 nitrogen and oxygen atoms in total. The minimum absolute atomic E-state index is 0.140. The molecule has 1 atom stereocenters. The Morgan fingerprint density at radius 3 is 3.06 bits per heavy atom. The molecule has 1 aliphatic heterocycles. The number of benzene rings is 1. The molecule has 0 spiro atoms. The van der Waals surface area contributed by atoms with Gasteiger partial charge in [-0.2, -0.15) is 0 Å². The van der Waals surface area contributed by atoms with E-state index in [1.807, 2.05) is 0 Å². The van der Waals surface area contributed by atoms with E-state index in [2.05, 4.69) is 10.6 Å². The number of thiocarbonyl (C=S) groups is 1. The fourth-order valence-electron chi connectivity index (χ4n) is 1.46. The largest absolute Gasteiger partial charge is 0.479 e. The molecule has 1 aliphatic rings. The Labute approximate surface area is 98.0 Å². The molecular formula is C10H11N3O2S. The predicted octanol–water partition coefficient (Wildman–Crippen LogP) is 1.06. The molecule has 0 radical (unpaired) electrons. The van der Waals surface area contributed by atoms with Crippen LogP contribution in [0.25, 0.3) is 0 Å². The number of anilines is 2. The maximum atomic E-state index is 11.5. The van der Waals surface area contributed by atoms with Gasteiger partial charge >= 0.3 is 0 Å². The standard InChI is InChI=1S/C10H11N3O2S/c1-5-9(14)13-8-6(12-10(11)16)3-2-4-7(8)15-5/h2-5H,1H3,(H,13,14)(H3,11,12,16). The summed E-state index contributed by atoms with van der Waals surface area (Å²) in [5.74, 6) is 0.415. The van der Waals surface area contributed by atoms with E-state index >= 15 is 0 Å². The van der Waals surface area contributed by atoms with Crippen molar-refractivity contribution in [3.05, 3.63) is 18.2 Å².